The molecule has 1 heterocycles. The van der Waals surface area contributed by atoms with E-state index in [4.69, 9.17) is 5.73 Å². The Morgan fingerprint density at radius 2 is 1.78 bits per heavy atom. The summed E-state index contributed by atoms with van der Waals surface area (Å²) in [6, 6.07) is 19.7. The molecule has 1 aliphatic carbocycles. The van der Waals surface area contributed by atoms with Gasteiger partial charge < -0.3 is 5.73 Å². The summed E-state index contributed by atoms with van der Waals surface area (Å²) >= 11 is 0. The zero-order chi connectivity index (χ0) is 19.4. The second kappa shape index (κ2) is 8.39. The zero-order valence-corrected chi connectivity index (χ0v) is 16.7. The van der Waals surface area contributed by atoms with E-state index < -0.39 is 0 Å². The van der Waals surface area contributed by atoms with Crippen LogP contribution in [0.3, 0.4) is 0 Å². The van der Waals surface area contributed by atoms with E-state index in [0.29, 0.717) is 11.8 Å². The summed E-state index contributed by atoms with van der Waals surface area (Å²) in [5, 5.41) is 1.27. The van der Waals surface area contributed by atoms with Gasteiger partial charge >= 0.3 is 0 Å². The Morgan fingerprint density at radius 3 is 2.44 bits per heavy atom. The minimum absolute atomic E-state index is 0.483. The van der Waals surface area contributed by atoms with Gasteiger partial charge in [0.05, 0.1) is 5.52 Å². The topological polar surface area (TPSA) is 38.9 Å². The third kappa shape index (κ3) is 4.39. The highest BCUT2D eigenvalue weighted by Gasteiger charge is 2.39. The van der Waals surface area contributed by atoms with Crippen LogP contribution in [0.2, 0.25) is 0 Å². The van der Waals surface area contributed by atoms with E-state index in [-0.39, 0.29) is 0 Å². The first-order chi connectivity index (χ1) is 13.1. The molecule has 140 valence electrons. The van der Waals surface area contributed by atoms with Crippen molar-refractivity contribution >= 4 is 10.9 Å². The van der Waals surface area contributed by atoms with Crippen molar-refractivity contribution in [3.63, 3.8) is 0 Å². The van der Waals surface area contributed by atoms with Gasteiger partial charge in [-0.2, -0.15) is 0 Å². The normalized spacial score (nSPS) is 17.9. The Balaban J connectivity index is 0.00000102. The number of nitrogens with zero attached hydrogens (tertiary/aromatic N) is 1. The first-order valence-corrected chi connectivity index (χ1v) is 10.00. The Morgan fingerprint density at radius 1 is 1.07 bits per heavy atom. The van der Waals surface area contributed by atoms with Crippen molar-refractivity contribution in [1.29, 1.82) is 0 Å². The average molecular weight is 359 g/mol. The number of fused-ring (bicyclic) bond motifs is 1. The summed E-state index contributed by atoms with van der Waals surface area (Å²) in [6.45, 7) is 9.95. The maximum absolute atomic E-state index is 5.83. The molecular formula is C25H30N2. The van der Waals surface area contributed by atoms with Gasteiger partial charge in [-0.05, 0) is 60.9 Å². The summed E-state index contributed by atoms with van der Waals surface area (Å²) in [6.07, 6.45) is 3.23. The van der Waals surface area contributed by atoms with Crippen LogP contribution in [0.15, 0.2) is 66.9 Å². The van der Waals surface area contributed by atoms with Crippen molar-refractivity contribution in [3.05, 3.63) is 89.3 Å². The van der Waals surface area contributed by atoms with Crippen molar-refractivity contribution in [2.75, 3.05) is 0 Å². The van der Waals surface area contributed by atoms with Crippen LogP contribution < -0.4 is 5.73 Å². The van der Waals surface area contributed by atoms with E-state index in [2.05, 4.69) is 73.1 Å². The highest BCUT2D eigenvalue weighted by Crippen LogP contribution is 2.49. The average Bonchev–Trinajstić information content (AvgIpc) is 3.49. The SMILES string of the molecule is C=C(N)C1CC1c1ccc(CCc2cc(C)nc3ccccc23)cc1.CC. The zero-order valence-electron chi connectivity index (χ0n) is 16.7. The Hall–Kier alpha value is -2.61. The Kier molecular flexibility index (Phi) is 5.95. The number of pyridine rings is 1. The number of aromatic nitrogens is 1. The lowest BCUT2D eigenvalue weighted by Crippen LogP contribution is -1.98. The van der Waals surface area contributed by atoms with Crippen LogP contribution in [0.5, 0.6) is 0 Å². The van der Waals surface area contributed by atoms with Crippen LogP contribution in [0.4, 0.5) is 0 Å². The number of nitrogens with two attached hydrogens (primary N) is 1. The highest BCUT2D eigenvalue weighted by molar-refractivity contribution is 5.82. The van der Waals surface area contributed by atoms with Crippen LogP contribution in [0.25, 0.3) is 10.9 Å². The first kappa shape index (κ1) is 19.2. The van der Waals surface area contributed by atoms with Crippen LogP contribution in [-0.2, 0) is 12.8 Å². The smallest absolute Gasteiger partial charge is 0.0707 e. The predicted octanol–water partition coefficient (Wildman–Crippen LogP) is 5.93. The molecule has 1 aliphatic rings. The number of para-hydroxylation sites is 1. The van der Waals surface area contributed by atoms with Gasteiger partial charge in [0.1, 0.15) is 0 Å². The molecule has 1 aromatic heterocycles. The number of aryl methyl sites for hydroxylation is 3. The van der Waals surface area contributed by atoms with Gasteiger partial charge in [-0.25, -0.2) is 0 Å². The summed E-state index contributed by atoms with van der Waals surface area (Å²) < 4.78 is 0. The van der Waals surface area contributed by atoms with E-state index in [1.165, 1.54) is 22.1 Å². The summed E-state index contributed by atoms with van der Waals surface area (Å²) in [5.74, 6) is 1.07. The molecule has 0 spiro atoms. The molecule has 1 fully saturated rings. The Labute approximate surface area is 163 Å². The third-order valence-electron chi connectivity index (χ3n) is 5.29. The maximum Gasteiger partial charge on any atom is 0.0707 e. The van der Waals surface area contributed by atoms with E-state index in [0.717, 1.165) is 36.2 Å². The molecule has 0 saturated heterocycles. The summed E-state index contributed by atoms with van der Waals surface area (Å²) in [7, 11) is 0. The minimum atomic E-state index is 0.483. The van der Waals surface area contributed by atoms with Crippen molar-refractivity contribution < 1.29 is 0 Å². The fraction of sp³-hybridized carbons (Fsp3) is 0.320. The van der Waals surface area contributed by atoms with E-state index in [9.17, 15) is 0 Å². The van der Waals surface area contributed by atoms with Gasteiger partial charge in [-0.1, -0.05) is 62.9 Å². The molecule has 1 saturated carbocycles. The van der Waals surface area contributed by atoms with Gasteiger partial charge in [-0.15, -0.1) is 0 Å². The van der Waals surface area contributed by atoms with E-state index in [1.807, 2.05) is 13.8 Å². The van der Waals surface area contributed by atoms with Crippen LogP contribution in [-0.4, -0.2) is 4.98 Å². The van der Waals surface area contributed by atoms with Gasteiger partial charge in [0.25, 0.3) is 0 Å². The number of rotatable bonds is 5. The highest BCUT2D eigenvalue weighted by atomic mass is 14.7. The molecule has 2 atom stereocenters. The molecule has 0 amide bonds. The predicted molar refractivity (Wildman–Crippen MR) is 116 cm³/mol. The van der Waals surface area contributed by atoms with Gasteiger partial charge in [0.15, 0.2) is 0 Å². The number of hydrogen-bond donors (Lipinski definition) is 1. The second-order valence-electron chi connectivity index (χ2n) is 7.21. The standard InChI is InChI=1S/C23H24N2.C2H6/c1-15-13-19(20-5-3-4-6-23(20)25-15)12-9-17-7-10-18(11-8-17)22-14-21(22)16(2)24;1-2/h3-8,10-11,13,21-22H,2,9,12,14,24H2,1H3;1-2H3. The van der Waals surface area contributed by atoms with Gasteiger partial charge in [-0.3, -0.25) is 4.98 Å². The lowest BCUT2D eigenvalue weighted by Gasteiger charge is -2.09. The molecule has 2 N–H and O–H groups in total. The quantitative estimate of drug-likeness (QED) is 0.614. The molecule has 0 aliphatic heterocycles. The first-order valence-electron chi connectivity index (χ1n) is 10.00. The molecule has 2 unspecified atom stereocenters. The van der Waals surface area contributed by atoms with Crippen LogP contribution in [0, 0.1) is 12.8 Å². The third-order valence-corrected chi connectivity index (χ3v) is 5.29. The van der Waals surface area contributed by atoms with E-state index in [1.54, 1.807) is 0 Å². The molecule has 2 heteroatoms. The minimum Gasteiger partial charge on any atom is -0.402 e. The maximum atomic E-state index is 5.83. The number of hydrogen-bond acceptors (Lipinski definition) is 2. The van der Waals surface area contributed by atoms with Crippen LogP contribution >= 0.6 is 0 Å². The molecule has 2 aromatic carbocycles. The van der Waals surface area contributed by atoms with Crippen molar-refractivity contribution in [2.24, 2.45) is 11.7 Å². The van der Waals surface area contributed by atoms with Gasteiger partial charge in [0.2, 0.25) is 0 Å². The lowest BCUT2D eigenvalue weighted by atomic mass is 9.99. The number of allylic oxidation sites excluding steroid dienone is 1. The van der Waals surface area contributed by atoms with Crippen molar-refractivity contribution in [1.82, 2.24) is 4.98 Å². The van der Waals surface area contributed by atoms with Crippen LogP contribution in [0.1, 0.15) is 48.6 Å². The van der Waals surface area contributed by atoms with E-state index >= 15 is 0 Å². The Bertz CT molecular complexity index is 925. The largest absolute Gasteiger partial charge is 0.402 e. The molecule has 4 rings (SSSR count). The monoisotopic (exact) mass is 358 g/mol. The molecule has 2 nitrogen and oxygen atoms in total. The molecule has 0 radical (unpaired) electrons. The molecular weight excluding hydrogens is 328 g/mol. The van der Waals surface area contributed by atoms with Crippen molar-refractivity contribution in [2.45, 2.75) is 46.0 Å². The van der Waals surface area contributed by atoms with Gasteiger partial charge in [0, 0.05) is 22.7 Å². The molecule has 0 bridgehead atoms. The lowest BCUT2D eigenvalue weighted by molar-refractivity contribution is 0.921. The summed E-state index contributed by atoms with van der Waals surface area (Å²) in [5.41, 5.74) is 13.0. The fourth-order valence-electron chi connectivity index (χ4n) is 3.79. The molecule has 27 heavy (non-hydrogen) atoms. The molecule has 3 aromatic rings. The number of benzene rings is 2. The fourth-order valence-corrected chi connectivity index (χ4v) is 3.79. The second-order valence-corrected chi connectivity index (χ2v) is 7.21. The van der Waals surface area contributed by atoms with Crippen molar-refractivity contribution in [3.8, 4) is 0 Å². The summed E-state index contributed by atoms with van der Waals surface area (Å²) in [4.78, 5) is 4.63.